The van der Waals surface area contributed by atoms with Crippen LogP contribution in [0.25, 0.3) is 0 Å². The van der Waals surface area contributed by atoms with Crippen LogP contribution in [0, 0.1) is 21.8 Å². The highest BCUT2D eigenvalue weighted by Gasteiger charge is 2.29. The Kier molecular flexibility index (Phi) is 5.33. The van der Waals surface area contributed by atoms with Gasteiger partial charge in [-0.05, 0) is 71.7 Å². The van der Waals surface area contributed by atoms with Gasteiger partial charge in [-0.2, -0.15) is 0 Å². The Balaban J connectivity index is 2.12. The average Bonchev–Trinajstić information content (AvgIpc) is 2.66. The second-order valence-corrected chi connectivity index (χ2v) is 8.30. The number of hydrogen-bond acceptors (Lipinski definition) is 1. The second kappa shape index (κ2) is 6.67. The van der Waals surface area contributed by atoms with Crippen molar-refractivity contribution in [2.24, 2.45) is 11.3 Å². The molecule has 1 heterocycles. The summed E-state index contributed by atoms with van der Waals surface area (Å²) in [7, 11) is 0. The van der Waals surface area contributed by atoms with Crippen LogP contribution in [0.15, 0.2) is 18.2 Å². The lowest BCUT2D eigenvalue weighted by Crippen LogP contribution is -2.33. The molecule has 1 atom stereocenters. The number of carbonyl (C=O) groups excluding carboxylic acids is 1. The molecule has 3 heteroatoms. The summed E-state index contributed by atoms with van der Waals surface area (Å²) in [5.74, 6) is 0.921. The van der Waals surface area contributed by atoms with Gasteiger partial charge in [0, 0.05) is 16.7 Å². The molecule has 116 valence electrons. The van der Waals surface area contributed by atoms with Crippen LogP contribution in [0.2, 0.25) is 0 Å². The van der Waals surface area contributed by atoms with Crippen LogP contribution in [-0.4, -0.2) is 23.9 Å². The Morgan fingerprint density at radius 3 is 2.62 bits per heavy atom. The van der Waals surface area contributed by atoms with Crippen molar-refractivity contribution in [3.05, 3.63) is 32.9 Å². The number of likely N-dealkylation sites (tertiary alicyclic amines) is 1. The third kappa shape index (κ3) is 3.99. The number of hydrogen-bond donors (Lipinski definition) is 0. The van der Waals surface area contributed by atoms with Crippen molar-refractivity contribution in [3.63, 3.8) is 0 Å². The zero-order chi connectivity index (χ0) is 15.6. The van der Waals surface area contributed by atoms with Crippen molar-refractivity contribution < 1.29 is 4.79 Å². The van der Waals surface area contributed by atoms with Gasteiger partial charge in [0.1, 0.15) is 0 Å². The van der Waals surface area contributed by atoms with Crippen LogP contribution >= 0.6 is 22.6 Å². The minimum Gasteiger partial charge on any atom is -0.339 e. The molecule has 0 aliphatic carbocycles. The lowest BCUT2D eigenvalue weighted by atomic mass is 9.77. The quantitative estimate of drug-likeness (QED) is 0.616. The molecule has 0 radical (unpaired) electrons. The fourth-order valence-electron chi connectivity index (χ4n) is 3.15. The normalized spacial score (nSPS) is 20.2. The van der Waals surface area contributed by atoms with E-state index in [1.807, 2.05) is 12.1 Å². The summed E-state index contributed by atoms with van der Waals surface area (Å²) >= 11 is 2.30. The standard InChI is InChI=1S/C18H26INO/c1-13-7-5-9-15(16(13)19)17(21)20-11-6-8-14(10-12-20)18(2,3)4/h5,7,9,14H,6,8,10-12H2,1-4H3. The number of halogens is 1. The molecular weight excluding hydrogens is 373 g/mol. The van der Waals surface area contributed by atoms with Crippen molar-refractivity contribution in [2.75, 3.05) is 13.1 Å². The van der Waals surface area contributed by atoms with E-state index in [2.05, 4.69) is 61.3 Å². The molecule has 1 aromatic rings. The van der Waals surface area contributed by atoms with Gasteiger partial charge in [0.15, 0.2) is 0 Å². The molecule has 1 aliphatic rings. The molecule has 0 spiro atoms. The first-order valence-corrected chi connectivity index (χ1v) is 8.93. The molecule has 1 fully saturated rings. The van der Waals surface area contributed by atoms with Crippen LogP contribution in [0.4, 0.5) is 0 Å². The van der Waals surface area contributed by atoms with Gasteiger partial charge in [0.2, 0.25) is 0 Å². The summed E-state index contributed by atoms with van der Waals surface area (Å²) in [5.41, 5.74) is 2.39. The van der Waals surface area contributed by atoms with Crippen LogP contribution in [0.1, 0.15) is 56.0 Å². The van der Waals surface area contributed by atoms with E-state index in [-0.39, 0.29) is 5.91 Å². The maximum absolute atomic E-state index is 12.8. The van der Waals surface area contributed by atoms with E-state index in [9.17, 15) is 4.79 Å². The monoisotopic (exact) mass is 399 g/mol. The lowest BCUT2D eigenvalue weighted by molar-refractivity contribution is 0.0754. The summed E-state index contributed by atoms with van der Waals surface area (Å²) in [6.07, 6.45) is 3.48. The van der Waals surface area contributed by atoms with Gasteiger partial charge in [-0.15, -0.1) is 0 Å². The van der Waals surface area contributed by atoms with Gasteiger partial charge in [-0.3, -0.25) is 4.79 Å². The summed E-state index contributed by atoms with van der Waals surface area (Å²) in [5, 5.41) is 0. The lowest BCUT2D eigenvalue weighted by Gasteiger charge is -2.29. The van der Waals surface area contributed by atoms with Gasteiger partial charge in [0.25, 0.3) is 5.91 Å². The van der Waals surface area contributed by atoms with E-state index in [0.717, 1.165) is 35.1 Å². The van der Waals surface area contributed by atoms with E-state index >= 15 is 0 Å². The number of carbonyl (C=O) groups is 1. The molecule has 1 saturated heterocycles. The SMILES string of the molecule is Cc1cccc(C(=O)N2CCCC(C(C)(C)C)CC2)c1I. The molecule has 1 unspecified atom stereocenters. The number of benzene rings is 1. The summed E-state index contributed by atoms with van der Waals surface area (Å²) in [6.45, 7) is 10.8. The molecule has 0 bridgehead atoms. The van der Waals surface area contributed by atoms with Gasteiger partial charge in [-0.1, -0.05) is 32.9 Å². The second-order valence-electron chi connectivity index (χ2n) is 7.22. The van der Waals surface area contributed by atoms with E-state index in [1.54, 1.807) is 0 Å². The molecule has 2 nitrogen and oxygen atoms in total. The minimum absolute atomic E-state index is 0.206. The molecule has 0 saturated carbocycles. The van der Waals surface area contributed by atoms with Crippen molar-refractivity contribution in [2.45, 2.75) is 47.0 Å². The molecule has 2 rings (SSSR count). The van der Waals surface area contributed by atoms with Gasteiger partial charge in [0.05, 0.1) is 5.56 Å². The fraction of sp³-hybridized carbons (Fsp3) is 0.611. The topological polar surface area (TPSA) is 20.3 Å². The Morgan fingerprint density at radius 2 is 1.95 bits per heavy atom. The summed E-state index contributed by atoms with van der Waals surface area (Å²) in [6, 6.07) is 6.01. The Hall–Kier alpha value is -0.580. The van der Waals surface area contributed by atoms with Crippen molar-refractivity contribution >= 4 is 28.5 Å². The Morgan fingerprint density at radius 1 is 1.24 bits per heavy atom. The molecule has 1 aliphatic heterocycles. The molecule has 0 aromatic heterocycles. The zero-order valence-corrected chi connectivity index (χ0v) is 15.7. The number of rotatable bonds is 1. The number of aryl methyl sites for hydroxylation is 1. The molecule has 21 heavy (non-hydrogen) atoms. The highest BCUT2D eigenvalue weighted by Crippen LogP contribution is 2.34. The fourth-order valence-corrected chi connectivity index (χ4v) is 3.74. The highest BCUT2D eigenvalue weighted by molar-refractivity contribution is 14.1. The van der Waals surface area contributed by atoms with E-state index in [0.29, 0.717) is 11.3 Å². The van der Waals surface area contributed by atoms with E-state index in [4.69, 9.17) is 0 Å². The van der Waals surface area contributed by atoms with E-state index in [1.165, 1.54) is 12.0 Å². The predicted octanol–water partition coefficient (Wildman–Crippen LogP) is 4.89. The van der Waals surface area contributed by atoms with Crippen LogP contribution in [-0.2, 0) is 0 Å². The van der Waals surface area contributed by atoms with Gasteiger partial charge in [-0.25, -0.2) is 0 Å². The molecule has 0 N–H and O–H groups in total. The van der Waals surface area contributed by atoms with E-state index < -0.39 is 0 Å². The van der Waals surface area contributed by atoms with Crippen LogP contribution < -0.4 is 0 Å². The van der Waals surface area contributed by atoms with Crippen molar-refractivity contribution in [1.82, 2.24) is 4.90 Å². The number of amides is 1. The maximum atomic E-state index is 12.8. The summed E-state index contributed by atoms with van der Waals surface area (Å²) < 4.78 is 1.09. The highest BCUT2D eigenvalue weighted by atomic mass is 127. The molecule has 1 amide bonds. The van der Waals surface area contributed by atoms with Gasteiger partial charge < -0.3 is 4.90 Å². The molecule has 1 aromatic carbocycles. The summed E-state index contributed by atoms with van der Waals surface area (Å²) in [4.78, 5) is 14.9. The molecular formula is C18H26INO. The first kappa shape index (κ1) is 16.8. The Labute approximate surface area is 142 Å². The first-order chi connectivity index (χ1) is 9.80. The third-order valence-electron chi connectivity index (χ3n) is 4.66. The average molecular weight is 399 g/mol. The number of nitrogens with zero attached hydrogens (tertiary/aromatic N) is 1. The van der Waals surface area contributed by atoms with Crippen molar-refractivity contribution in [1.29, 1.82) is 0 Å². The maximum Gasteiger partial charge on any atom is 0.254 e. The smallest absolute Gasteiger partial charge is 0.254 e. The zero-order valence-electron chi connectivity index (χ0n) is 13.6. The third-order valence-corrected chi connectivity index (χ3v) is 6.09. The first-order valence-electron chi connectivity index (χ1n) is 7.85. The van der Waals surface area contributed by atoms with Crippen molar-refractivity contribution in [3.8, 4) is 0 Å². The predicted molar refractivity (Wildman–Crippen MR) is 96.6 cm³/mol. The van der Waals surface area contributed by atoms with Crippen LogP contribution in [0.3, 0.4) is 0 Å². The Bertz CT molecular complexity index is 518. The largest absolute Gasteiger partial charge is 0.339 e. The van der Waals surface area contributed by atoms with Crippen LogP contribution in [0.5, 0.6) is 0 Å². The minimum atomic E-state index is 0.206. The van der Waals surface area contributed by atoms with Gasteiger partial charge >= 0.3 is 0 Å².